The fourth-order valence-electron chi connectivity index (χ4n) is 1.55. The minimum absolute atomic E-state index is 0.222. The number of ether oxygens (including phenoxy) is 1. The summed E-state index contributed by atoms with van der Waals surface area (Å²) in [5.74, 6) is 0.685. The third-order valence-corrected chi connectivity index (χ3v) is 3.39. The molecule has 0 spiro atoms. The molecule has 2 aromatic rings. The van der Waals surface area contributed by atoms with Crippen molar-refractivity contribution in [3.8, 4) is 17.5 Å². The molecular formula is C12H13N5OS. The van der Waals surface area contributed by atoms with Crippen LogP contribution in [-0.4, -0.2) is 32.6 Å². The van der Waals surface area contributed by atoms with Gasteiger partial charge in [0, 0.05) is 0 Å². The predicted molar refractivity (Wildman–Crippen MR) is 71.4 cm³/mol. The standard InChI is InChI=1S/C12H13N5OS/c1-8-4-5-11(18-3)10(6-8)17-12(14-15-16-17)19-9(2)7-13/h4-6,9H,1-3H3. The fraction of sp³-hybridized carbons (Fsp3) is 0.333. The smallest absolute Gasteiger partial charge is 0.215 e. The van der Waals surface area contributed by atoms with Gasteiger partial charge in [-0.15, -0.1) is 5.10 Å². The first-order valence-electron chi connectivity index (χ1n) is 5.65. The van der Waals surface area contributed by atoms with Crippen molar-refractivity contribution in [2.75, 3.05) is 7.11 Å². The molecule has 0 fully saturated rings. The number of thioether (sulfide) groups is 1. The van der Waals surface area contributed by atoms with Crippen molar-refractivity contribution in [3.63, 3.8) is 0 Å². The molecule has 0 aliphatic heterocycles. The highest BCUT2D eigenvalue weighted by atomic mass is 32.2. The van der Waals surface area contributed by atoms with Crippen LogP contribution in [0.3, 0.4) is 0 Å². The van der Waals surface area contributed by atoms with Crippen LogP contribution in [0.2, 0.25) is 0 Å². The van der Waals surface area contributed by atoms with Gasteiger partial charge in [-0.05, 0) is 42.0 Å². The number of aryl methyl sites for hydroxylation is 1. The monoisotopic (exact) mass is 275 g/mol. The van der Waals surface area contributed by atoms with E-state index in [9.17, 15) is 0 Å². The van der Waals surface area contributed by atoms with Gasteiger partial charge in [-0.2, -0.15) is 9.94 Å². The Morgan fingerprint density at radius 1 is 1.47 bits per heavy atom. The lowest BCUT2D eigenvalue weighted by atomic mass is 10.2. The van der Waals surface area contributed by atoms with Gasteiger partial charge in [-0.25, -0.2) is 0 Å². The number of hydrogen-bond donors (Lipinski definition) is 0. The summed E-state index contributed by atoms with van der Waals surface area (Å²) >= 11 is 1.31. The highest BCUT2D eigenvalue weighted by Gasteiger charge is 2.15. The van der Waals surface area contributed by atoms with Gasteiger partial charge >= 0.3 is 0 Å². The van der Waals surface area contributed by atoms with E-state index in [0.717, 1.165) is 11.3 Å². The van der Waals surface area contributed by atoms with Crippen molar-refractivity contribution in [2.45, 2.75) is 24.3 Å². The topological polar surface area (TPSA) is 76.6 Å². The minimum atomic E-state index is -0.222. The van der Waals surface area contributed by atoms with Crippen molar-refractivity contribution in [3.05, 3.63) is 23.8 Å². The minimum Gasteiger partial charge on any atom is -0.494 e. The molecule has 0 N–H and O–H groups in total. The average molecular weight is 275 g/mol. The van der Waals surface area contributed by atoms with Crippen LogP contribution in [0.5, 0.6) is 5.75 Å². The highest BCUT2D eigenvalue weighted by Crippen LogP contribution is 2.28. The first-order chi connectivity index (χ1) is 9.15. The summed E-state index contributed by atoms with van der Waals surface area (Å²) in [7, 11) is 1.60. The van der Waals surface area contributed by atoms with Gasteiger partial charge in [-0.3, -0.25) is 0 Å². The van der Waals surface area contributed by atoms with Crippen molar-refractivity contribution in [2.24, 2.45) is 0 Å². The lowest BCUT2D eigenvalue weighted by Crippen LogP contribution is -2.04. The summed E-state index contributed by atoms with van der Waals surface area (Å²) < 4.78 is 6.91. The van der Waals surface area contributed by atoms with E-state index in [2.05, 4.69) is 21.6 Å². The van der Waals surface area contributed by atoms with Gasteiger partial charge in [0.25, 0.3) is 0 Å². The van der Waals surface area contributed by atoms with E-state index in [1.807, 2.05) is 25.1 Å². The number of rotatable bonds is 4. The van der Waals surface area contributed by atoms with Crippen molar-refractivity contribution in [1.82, 2.24) is 20.2 Å². The Kier molecular flexibility index (Phi) is 4.02. The summed E-state index contributed by atoms with van der Waals surface area (Å²) in [6, 6.07) is 7.91. The Labute approximate surface area is 115 Å². The Hall–Kier alpha value is -2.07. The van der Waals surface area contributed by atoms with E-state index >= 15 is 0 Å². The molecule has 98 valence electrons. The molecule has 1 aromatic carbocycles. The maximum Gasteiger partial charge on any atom is 0.215 e. The Bertz CT molecular complexity index is 619. The first kappa shape index (κ1) is 13.4. The van der Waals surface area contributed by atoms with Gasteiger partial charge in [0.2, 0.25) is 5.16 Å². The number of nitrogens with zero attached hydrogens (tertiary/aromatic N) is 5. The lowest BCUT2D eigenvalue weighted by molar-refractivity contribution is 0.410. The first-order valence-corrected chi connectivity index (χ1v) is 6.53. The zero-order valence-electron chi connectivity index (χ0n) is 10.9. The predicted octanol–water partition coefficient (Wildman–Crippen LogP) is 1.98. The van der Waals surface area contributed by atoms with Crippen LogP contribution in [0.4, 0.5) is 0 Å². The van der Waals surface area contributed by atoms with Gasteiger partial charge < -0.3 is 4.74 Å². The molecule has 1 unspecified atom stereocenters. The maximum atomic E-state index is 8.87. The molecule has 1 aromatic heterocycles. The molecule has 6 nitrogen and oxygen atoms in total. The van der Waals surface area contributed by atoms with Crippen LogP contribution in [0.25, 0.3) is 5.69 Å². The van der Waals surface area contributed by atoms with Crippen molar-refractivity contribution < 1.29 is 4.74 Å². The summed E-state index contributed by atoms with van der Waals surface area (Å²) in [4.78, 5) is 0. The number of tetrazole rings is 1. The Balaban J connectivity index is 2.45. The molecule has 0 aliphatic carbocycles. The molecule has 19 heavy (non-hydrogen) atoms. The van der Waals surface area contributed by atoms with Crippen molar-refractivity contribution in [1.29, 1.82) is 5.26 Å². The number of benzene rings is 1. The van der Waals surface area contributed by atoms with E-state index in [4.69, 9.17) is 10.00 Å². The molecule has 2 rings (SSSR count). The summed E-state index contributed by atoms with van der Waals surface area (Å²) in [6.07, 6.45) is 0. The number of aromatic nitrogens is 4. The number of methoxy groups -OCH3 is 1. The van der Waals surface area contributed by atoms with Crippen LogP contribution in [0.15, 0.2) is 23.4 Å². The van der Waals surface area contributed by atoms with Crippen LogP contribution < -0.4 is 4.74 Å². The second kappa shape index (κ2) is 5.71. The quantitative estimate of drug-likeness (QED) is 0.794. The van der Waals surface area contributed by atoms with E-state index in [0.29, 0.717) is 10.9 Å². The zero-order chi connectivity index (χ0) is 13.8. The SMILES string of the molecule is COc1ccc(C)cc1-n1nnnc1SC(C)C#N. The second-order valence-corrected chi connectivity index (χ2v) is 5.25. The number of nitriles is 1. The lowest BCUT2D eigenvalue weighted by Gasteiger charge is -2.10. The summed E-state index contributed by atoms with van der Waals surface area (Å²) in [6.45, 7) is 3.79. The molecule has 1 atom stereocenters. The molecule has 0 bridgehead atoms. The Morgan fingerprint density at radius 2 is 2.26 bits per heavy atom. The van der Waals surface area contributed by atoms with Gasteiger partial charge in [0.15, 0.2) is 0 Å². The van der Waals surface area contributed by atoms with Gasteiger partial charge in [0.1, 0.15) is 11.4 Å². The Morgan fingerprint density at radius 3 is 2.95 bits per heavy atom. The summed E-state index contributed by atoms with van der Waals surface area (Å²) in [5, 5.41) is 20.8. The van der Waals surface area contributed by atoms with Crippen LogP contribution in [0, 0.1) is 18.3 Å². The second-order valence-electron chi connectivity index (χ2n) is 3.94. The molecular weight excluding hydrogens is 262 g/mol. The molecule has 0 aliphatic rings. The van der Waals surface area contributed by atoms with Crippen LogP contribution in [0.1, 0.15) is 12.5 Å². The van der Waals surface area contributed by atoms with E-state index < -0.39 is 0 Å². The van der Waals surface area contributed by atoms with E-state index in [1.54, 1.807) is 18.7 Å². The summed E-state index contributed by atoms with van der Waals surface area (Å²) in [5.41, 5.74) is 1.84. The zero-order valence-corrected chi connectivity index (χ0v) is 11.7. The molecule has 0 radical (unpaired) electrons. The average Bonchev–Trinajstić information content (AvgIpc) is 2.86. The molecule has 0 saturated carbocycles. The van der Waals surface area contributed by atoms with Gasteiger partial charge in [0.05, 0.1) is 18.4 Å². The third-order valence-electron chi connectivity index (χ3n) is 2.47. The molecule has 0 saturated heterocycles. The highest BCUT2D eigenvalue weighted by molar-refractivity contribution is 8.00. The number of hydrogen-bond acceptors (Lipinski definition) is 6. The third kappa shape index (κ3) is 2.85. The normalized spacial score (nSPS) is 11.9. The van der Waals surface area contributed by atoms with E-state index in [-0.39, 0.29) is 5.25 Å². The van der Waals surface area contributed by atoms with Crippen LogP contribution in [-0.2, 0) is 0 Å². The van der Waals surface area contributed by atoms with E-state index in [1.165, 1.54) is 11.8 Å². The van der Waals surface area contributed by atoms with Crippen molar-refractivity contribution >= 4 is 11.8 Å². The largest absolute Gasteiger partial charge is 0.494 e. The van der Waals surface area contributed by atoms with Crippen LogP contribution >= 0.6 is 11.8 Å². The molecule has 7 heteroatoms. The van der Waals surface area contributed by atoms with Gasteiger partial charge in [-0.1, -0.05) is 17.8 Å². The fourth-order valence-corrected chi connectivity index (χ4v) is 2.24. The molecule has 0 amide bonds. The molecule has 1 heterocycles. The maximum absolute atomic E-state index is 8.87.